The van der Waals surface area contributed by atoms with Crippen LogP contribution in [0.4, 0.5) is 10.8 Å². The standard InChI is InChI=1S/C27H31N3O4S2/c31-25(32)15-21-18-35-27(29-21)30-26(33)24-13-12-22(36-24)16-28-23-9-5-4-8-20(23)7-3-1-2-6-14-34-17-19-10-11-19/h4-5,8-10,12-13,18,28H,1-3,6-7,11,14-17H2,(H,31,32)(H,29,30,33). The Morgan fingerprint density at radius 3 is 2.75 bits per heavy atom. The molecule has 0 aliphatic heterocycles. The van der Waals surface area contributed by atoms with Crippen molar-refractivity contribution < 1.29 is 19.4 Å². The highest BCUT2D eigenvalue weighted by molar-refractivity contribution is 7.15. The van der Waals surface area contributed by atoms with E-state index in [2.05, 4.69) is 39.9 Å². The van der Waals surface area contributed by atoms with Gasteiger partial charge in [0.15, 0.2) is 5.13 Å². The first kappa shape index (κ1) is 26.1. The lowest BCUT2D eigenvalue weighted by Crippen LogP contribution is -2.10. The van der Waals surface area contributed by atoms with E-state index < -0.39 is 5.97 Å². The molecule has 0 bridgehead atoms. The molecule has 1 aromatic carbocycles. The monoisotopic (exact) mass is 525 g/mol. The molecule has 0 spiro atoms. The van der Waals surface area contributed by atoms with Crippen LogP contribution < -0.4 is 10.6 Å². The molecule has 0 unspecified atom stereocenters. The summed E-state index contributed by atoms with van der Waals surface area (Å²) in [5.74, 6) is -1.18. The van der Waals surface area contributed by atoms with Gasteiger partial charge in [-0.15, -0.1) is 22.7 Å². The Morgan fingerprint density at radius 1 is 1.08 bits per heavy atom. The van der Waals surface area contributed by atoms with Gasteiger partial charge < -0.3 is 15.2 Å². The third kappa shape index (κ3) is 8.58. The van der Waals surface area contributed by atoms with Gasteiger partial charge in [0.25, 0.3) is 5.91 Å². The van der Waals surface area contributed by atoms with Crippen molar-refractivity contribution >= 4 is 45.4 Å². The van der Waals surface area contributed by atoms with E-state index in [1.807, 2.05) is 12.1 Å². The van der Waals surface area contributed by atoms with E-state index in [9.17, 15) is 9.59 Å². The number of carboxylic acid groups (broad SMARTS) is 1. The lowest BCUT2D eigenvalue weighted by Gasteiger charge is -2.11. The Labute approximate surface area is 219 Å². The average Bonchev–Trinajstić information content (AvgIpc) is 3.38. The highest BCUT2D eigenvalue weighted by Gasteiger charge is 2.13. The quantitative estimate of drug-likeness (QED) is 0.153. The number of thiophene rings is 1. The Hall–Kier alpha value is -3.01. The highest BCUT2D eigenvalue weighted by Crippen LogP contribution is 2.24. The van der Waals surface area contributed by atoms with E-state index in [1.165, 1.54) is 46.7 Å². The molecule has 0 radical (unpaired) electrons. The third-order valence-corrected chi connectivity index (χ3v) is 7.62. The zero-order valence-electron chi connectivity index (χ0n) is 20.1. The minimum Gasteiger partial charge on any atom is -0.481 e. The first-order valence-corrected chi connectivity index (χ1v) is 13.9. The summed E-state index contributed by atoms with van der Waals surface area (Å²) in [5.41, 5.74) is 4.31. The number of unbranched alkanes of at least 4 members (excludes halogenated alkanes) is 3. The number of ether oxygens (including phenoxy) is 1. The van der Waals surface area contributed by atoms with E-state index in [1.54, 1.807) is 11.4 Å². The summed E-state index contributed by atoms with van der Waals surface area (Å²) < 4.78 is 5.65. The summed E-state index contributed by atoms with van der Waals surface area (Å²) >= 11 is 2.66. The van der Waals surface area contributed by atoms with Crippen molar-refractivity contribution in [1.82, 2.24) is 4.98 Å². The van der Waals surface area contributed by atoms with Gasteiger partial charge in [0.2, 0.25) is 0 Å². The van der Waals surface area contributed by atoms with Crippen molar-refractivity contribution in [2.24, 2.45) is 0 Å². The number of aryl methyl sites for hydroxylation is 1. The number of amides is 1. The van der Waals surface area contributed by atoms with Gasteiger partial charge in [0, 0.05) is 29.1 Å². The van der Waals surface area contributed by atoms with Crippen LogP contribution in [0.25, 0.3) is 0 Å². The third-order valence-electron chi connectivity index (χ3n) is 5.73. The number of nitrogens with zero attached hydrogens (tertiary/aromatic N) is 1. The Bertz CT molecular complexity index is 1200. The number of hydrogen-bond acceptors (Lipinski definition) is 7. The Balaban J connectivity index is 1.19. The number of allylic oxidation sites excluding steroid dienone is 1. The van der Waals surface area contributed by atoms with Crippen LogP contribution in [0.5, 0.6) is 0 Å². The number of carbonyl (C=O) groups excluding carboxylic acids is 1. The summed E-state index contributed by atoms with van der Waals surface area (Å²) in [7, 11) is 0. The fraction of sp³-hybridized carbons (Fsp3) is 0.370. The molecular formula is C27H31N3O4S2. The number of thiazole rings is 1. The van der Waals surface area contributed by atoms with Gasteiger partial charge >= 0.3 is 5.97 Å². The van der Waals surface area contributed by atoms with Crippen LogP contribution in [-0.4, -0.2) is 35.2 Å². The zero-order valence-corrected chi connectivity index (χ0v) is 21.8. The molecular weight excluding hydrogens is 494 g/mol. The van der Waals surface area contributed by atoms with Gasteiger partial charge in [-0.1, -0.05) is 37.1 Å². The number of benzene rings is 1. The Morgan fingerprint density at radius 2 is 1.92 bits per heavy atom. The van der Waals surface area contributed by atoms with Crippen molar-refractivity contribution in [3.63, 3.8) is 0 Å². The maximum atomic E-state index is 12.6. The van der Waals surface area contributed by atoms with Crippen LogP contribution in [0, 0.1) is 0 Å². The van der Waals surface area contributed by atoms with Gasteiger partial charge in [0.1, 0.15) is 0 Å². The fourth-order valence-corrected chi connectivity index (χ4v) is 5.26. The van der Waals surface area contributed by atoms with Crippen molar-refractivity contribution in [3.05, 3.63) is 74.4 Å². The molecule has 0 saturated heterocycles. The largest absolute Gasteiger partial charge is 0.481 e. The Kier molecular flexibility index (Phi) is 9.66. The van der Waals surface area contributed by atoms with Crippen molar-refractivity contribution in [2.75, 3.05) is 23.8 Å². The molecule has 4 rings (SSSR count). The molecule has 1 aliphatic carbocycles. The van der Waals surface area contributed by atoms with Gasteiger partial charge in [-0.3, -0.25) is 14.9 Å². The molecule has 0 atom stereocenters. The van der Waals surface area contributed by atoms with Crippen LogP contribution in [-0.2, 0) is 28.9 Å². The van der Waals surface area contributed by atoms with Crippen LogP contribution in [0.3, 0.4) is 0 Å². The molecule has 190 valence electrons. The van der Waals surface area contributed by atoms with Gasteiger partial charge in [-0.2, -0.15) is 0 Å². The van der Waals surface area contributed by atoms with E-state index in [0.29, 0.717) is 22.2 Å². The van der Waals surface area contributed by atoms with Gasteiger partial charge in [-0.05, 0) is 55.0 Å². The topological polar surface area (TPSA) is 101 Å². The summed E-state index contributed by atoms with van der Waals surface area (Å²) in [6.45, 7) is 2.31. The van der Waals surface area contributed by atoms with Crippen LogP contribution >= 0.6 is 22.7 Å². The number of carbonyl (C=O) groups is 2. The second-order valence-corrected chi connectivity index (χ2v) is 10.8. The van der Waals surface area contributed by atoms with Crippen molar-refractivity contribution in [1.29, 1.82) is 0 Å². The molecule has 1 aliphatic rings. The number of para-hydroxylation sites is 1. The second-order valence-electron chi connectivity index (χ2n) is 8.73. The SMILES string of the molecule is O=C(O)Cc1csc(NC(=O)c2ccc(CNc3ccccc3CCCCCCOCC3=CC3)s2)n1. The maximum Gasteiger partial charge on any atom is 0.309 e. The van der Waals surface area contributed by atoms with Crippen LogP contribution in [0.1, 0.15) is 57.9 Å². The molecule has 2 aromatic heterocycles. The smallest absolute Gasteiger partial charge is 0.309 e. The molecule has 36 heavy (non-hydrogen) atoms. The van der Waals surface area contributed by atoms with E-state index >= 15 is 0 Å². The second kappa shape index (κ2) is 13.3. The summed E-state index contributed by atoms with van der Waals surface area (Å²) in [6, 6.07) is 12.2. The normalized spacial score (nSPS) is 12.3. The predicted molar refractivity (Wildman–Crippen MR) is 145 cm³/mol. The number of carboxylic acids is 1. The molecule has 3 aromatic rings. The number of rotatable bonds is 16. The number of aromatic nitrogens is 1. The summed E-state index contributed by atoms with van der Waals surface area (Å²) in [5, 5.41) is 17.2. The fourth-order valence-electron chi connectivity index (χ4n) is 3.71. The molecule has 1 amide bonds. The average molecular weight is 526 g/mol. The van der Waals surface area contributed by atoms with Gasteiger partial charge in [-0.25, -0.2) is 4.98 Å². The first-order chi connectivity index (χ1) is 17.6. The van der Waals surface area contributed by atoms with Gasteiger partial charge in [0.05, 0.1) is 23.6 Å². The molecule has 3 N–H and O–H groups in total. The zero-order chi connectivity index (χ0) is 25.2. The van der Waals surface area contributed by atoms with Crippen LogP contribution in [0.2, 0.25) is 0 Å². The minimum absolute atomic E-state index is 0.156. The molecule has 0 fully saturated rings. The van der Waals surface area contributed by atoms with E-state index in [-0.39, 0.29) is 12.3 Å². The first-order valence-electron chi connectivity index (χ1n) is 12.2. The molecule has 2 heterocycles. The predicted octanol–water partition coefficient (Wildman–Crippen LogP) is 6.15. The lowest BCUT2D eigenvalue weighted by molar-refractivity contribution is -0.136. The minimum atomic E-state index is -0.946. The number of nitrogens with one attached hydrogen (secondary N) is 2. The van der Waals surface area contributed by atoms with Crippen molar-refractivity contribution in [2.45, 2.75) is 51.5 Å². The number of aliphatic carboxylic acids is 1. The van der Waals surface area contributed by atoms with Crippen LogP contribution in [0.15, 0.2) is 53.4 Å². The van der Waals surface area contributed by atoms with Crippen molar-refractivity contribution in [3.8, 4) is 0 Å². The number of hydrogen-bond donors (Lipinski definition) is 3. The van der Waals surface area contributed by atoms with E-state index in [4.69, 9.17) is 9.84 Å². The van der Waals surface area contributed by atoms with E-state index in [0.717, 1.165) is 49.5 Å². The summed E-state index contributed by atoms with van der Waals surface area (Å²) in [6.07, 6.45) is 8.89. The maximum absolute atomic E-state index is 12.6. The molecule has 9 heteroatoms. The molecule has 7 nitrogen and oxygen atoms in total. The summed E-state index contributed by atoms with van der Waals surface area (Å²) in [4.78, 5) is 29.2. The highest BCUT2D eigenvalue weighted by atomic mass is 32.1. The number of anilines is 2. The lowest BCUT2D eigenvalue weighted by atomic mass is 10.0. The molecule has 0 saturated carbocycles.